The fourth-order valence-electron chi connectivity index (χ4n) is 3.22. The summed E-state index contributed by atoms with van der Waals surface area (Å²) in [7, 11) is 0. The molecule has 0 unspecified atom stereocenters. The highest BCUT2D eigenvalue weighted by atomic mass is 19.4. The number of pyridine rings is 2. The maximum Gasteiger partial charge on any atom is 0.573 e. The maximum absolute atomic E-state index is 12.5. The Labute approximate surface area is 176 Å². The first-order valence-electron chi connectivity index (χ1n) is 9.64. The molecule has 3 N–H and O–H groups in total. The molecule has 162 valence electrons. The van der Waals surface area contributed by atoms with E-state index in [0.29, 0.717) is 23.0 Å². The Hall–Kier alpha value is -3.47. The van der Waals surface area contributed by atoms with Crippen molar-refractivity contribution in [2.75, 3.05) is 23.3 Å². The largest absolute Gasteiger partial charge is 0.573 e. The number of ether oxygens (including phenoxy) is 1. The number of aromatic nitrogens is 4. The van der Waals surface area contributed by atoms with Crippen LogP contribution in [0.25, 0.3) is 11.4 Å². The van der Waals surface area contributed by atoms with Crippen LogP contribution in [0.5, 0.6) is 5.75 Å². The summed E-state index contributed by atoms with van der Waals surface area (Å²) in [6.45, 7) is 1.49. The molecule has 0 atom stereocenters. The molecule has 8 nitrogen and oxygen atoms in total. The first kappa shape index (κ1) is 20.8. The maximum atomic E-state index is 12.5. The Balaban J connectivity index is 1.65. The molecule has 0 spiro atoms. The number of piperidine rings is 1. The minimum absolute atomic E-state index is 0.157. The molecule has 31 heavy (non-hydrogen) atoms. The molecule has 0 aromatic carbocycles. The third kappa shape index (κ3) is 5.57. The van der Waals surface area contributed by atoms with Crippen molar-refractivity contribution in [3.05, 3.63) is 48.9 Å². The van der Waals surface area contributed by atoms with Crippen LogP contribution in [0, 0.1) is 0 Å². The Morgan fingerprint density at radius 2 is 1.87 bits per heavy atom. The van der Waals surface area contributed by atoms with E-state index in [1.54, 1.807) is 24.5 Å². The van der Waals surface area contributed by atoms with Crippen molar-refractivity contribution in [3.8, 4) is 17.1 Å². The second kappa shape index (κ2) is 8.72. The summed E-state index contributed by atoms with van der Waals surface area (Å²) in [6, 6.07) is 7.78. The molecule has 1 saturated heterocycles. The van der Waals surface area contributed by atoms with Gasteiger partial charge >= 0.3 is 6.36 Å². The van der Waals surface area contributed by atoms with Gasteiger partial charge in [-0.05, 0) is 31.0 Å². The van der Waals surface area contributed by atoms with E-state index in [1.165, 1.54) is 6.20 Å². The number of halogens is 3. The van der Waals surface area contributed by atoms with E-state index < -0.39 is 6.36 Å². The van der Waals surface area contributed by atoms with Crippen LogP contribution in [-0.4, -0.2) is 45.4 Å². The van der Waals surface area contributed by atoms with Gasteiger partial charge in [-0.25, -0.2) is 15.0 Å². The quantitative estimate of drug-likeness (QED) is 0.633. The predicted octanol–water partition coefficient (Wildman–Crippen LogP) is 3.50. The topological polar surface area (TPSA) is 102 Å². The zero-order valence-electron chi connectivity index (χ0n) is 16.4. The predicted molar refractivity (Wildman–Crippen MR) is 109 cm³/mol. The van der Waals surface area contributed by atoms with Crippen molar-refractivity contribution in [2.24, 2.45) is 5.73 Å². The van der Waals surface area contributed by atoms with Gasteiger partial charge in [0.1, 0.15) is 23.2 Å². The van der Waals surface area contributed by atoms with Gasteiger partial charge in [-0.1, -0.05) is 0 Å². The standard InChI is InChI=1S/C20H20F3N7O/c21-20(22,23)31-15-3-7-26-16(10-15)27-17-11-18(30-8-4-14(24)5-9-30)29-19(28-17)13-2-1-6-25-12-13/h1-3,6-7,10-12,14H,4-5,8-9,24H2,(H,26,27,28,29). The van der Waals surface area contributed by atoms with Gasteiger partial charge in [-0.2, -0.15) is 0 Å². The fraction of sp³-hybridized carbons (Fsp3) is 0.300. The first-order chi connectivity index (χ1) is 14.9. The van der Waals surface area contributed by atoms with Crippen molar-refractivity contribution in [3.63, 3.8) is 0 Å². The zero-order chi connectivity index (χ0) is 21.8. The lowest BCUT2D eigenvalue weighted by molar-refractivity contribution is -0.274. The van der Waals surface area contributed by atoms with E-state index in [4.69, 9.17) is 5.73 Å². The van der Waals surface area contributed by atoms with E-state index in [0.717, 1.165) is 38.1 Å². The highest BCUT2D eigenvalue weighted by molar-refractivity contribution is 5.64. The first-order valence-corrected chi connectivity index (χ1v) is 9.64. The molecule has 0 bridgehead atoms. The van der Waals surface area contributed by atoms with Gasteiger partial charge in [-0.3, -0.25) is 4.98 Å². The average molecular weight is 431 g/mol. The molecule has 0 amide bonds. The van der Waals surface area contributed by atoms with Gasteiger partial charge in [-0.15, -0.1) is 13.2 Å². The van der Waals surface area contributed by atoms with Crippen molar-refractivity contribution in [1.29, 1.82) is 0 Å². The molecule has 1 aliphatic rings. The van der Waals surface area contributed by atoms with Gasteiger partial charge in [0, 0.05) is 55.4 Å². The van der Waals surface area contributed by atoms with Crippen LogP contribution in [0.3, 0.4) is 0 Å². The van der Waals surface area contributed by atoms with Crippen LogP contribution in [0.4, 0.5) is 30.6 Å². The third-order valence-electron chi connectivity index (χ3n) is 4.72. The fourth-order valence-corrected chi connectivity index (χ4v) is 3.22. The number of nitrogens with zero attached hydrogens (tertiary/aromatic N) is 5. The second-order valence-electron chi connectivity index (χ2n) is 7.05. The van der Waals surface area contributed by atoms with E-state index in [-0.39, 0.29) is 17.6 Å². The highest BCUT2D eigenvalue weighted by Gasteiger charge is 2.31. The van der Waals surface area contributed by atoms with Crippen molar-refractivity contribution < 1.29 is 17.9 Å². The summed E-state index contributed by atoms with van der Waals surface area (Å²) in [5.41, 5.74) is 6.72. The minimum Gasteiger partial charge on any atom is -0.406 e. The lowest BCUT2D eigenvalue weighted by Crippen LogP contribution is -2.40. The molecule has 11 heteroatoms. The molecule has 1 fully saturated rings. The molecule has 3 aromatic heterocycles. The van der Waals surface area contributed by atoms with Crippen molar-refractivity contribution >= 4 is 17.5 Å². The van der Waals surface area contributed by atoms with Crippen LogP contribution in [0.1, 0.15) is 12.8 Å². The Morgan fingerprint density at radius 1 is 1.06 bits per heavy atom. The van der Waals surface area contributed by atoms with Crippen LogP contribution < -0.4 is 20.7 Å². The number of rotatable bonds is 5. The van der Waals surface area contributed by atoms with Crippen molar-refractivity contribution in [2.45, 2.75) is 25.2 Å². The molecule has 4 rings (SSSR count). The van der Waals surface area contributed by atoms with E-state index >= 15 is 0 Å². The lowest BCUT2D eigenvalue weighted by atomic mass is 10.1. The van der Waals surface area contributed by atoms with Gasteiger partial charge in [0.15, 0.2) is 5.82 Å². The van der Waals surface area contributed by atoms with Crippen LogP contribution >= 0.6 is 0 Å². The molecule has 4 heterocycles. The average Bonchev–Trinajstić information content (AvgIpc) is 2.74. The number of hydrogen-bond donors (Lipinski definition) is 2. The smallest absolute Gasteiger partial charge is 0.406 e. The SMILES string of the molecule is NC1CCN(c2cc(Nc3cc(OC(F)(F)F)ccn3)nc(-c3cccnc3)n2)CC1. The summed E-state index contributed by atoms with van der Waals surface area (Å²) in [6.07, 6.45) is 1.41. The second-order valence-corrected chi connectivity index (χ2v) is 7.05. The molecular formula is C20H20F3N7O. The Kier molecular flexibility index (Phi) is 5.85. The zero-order valence-corrected chi connectivity index (χ0v) is 16.4. The van der Waals surface area contributed by atoms with Gasteiger partial charge < -0.3 is 20.7 Å². The number of nitrogens with one attached hydrogen (secondary N) is 1. The molecule has 0 saturated carbocycles. The molecule has 0 radical (unpaired) electrons. The van der Waals surface area contributed by atoms with Crippen LogP contribution in [0.15, 0.2) is 48.9 Å². The molecule has 1 aliphatic heterocycles. The van der Waals surface area contributed by atoms with E-state index in [2.05, 4.69) is 34.9 Å². The summed E-state index contributed by atoms with van der Waals surface area (Å²) >= 11 is 0. The van der Waals surface area contributed by atoms with Gasteiger partial charge in [0.2, 0.25) is 0 Å². The summed E-state index contributed by atoms with van der Waals surface area (Å²) in [4.78, 5) is 19.4. The van der Waals surface area contributed by atoms with Crippen molar-refractivity contribution in [1.82, 2.24) is 19.9 Å². The Bertz CT molecular complexity index is 1020. The molecular weight excluding hydrogens is 411 g/mol. The molecule has 3 aromatic rings. The number of anilines is 3. The van der Waals surface area contributed by atoms with E-state index in [9.17, 15) is 13.2 Å². The number of hydrogen-bond acceptors (Lipinski definition) is 8. The monoisotopic (exact) mass is 431 g/mol. The highest BCUT2D eigenvalue weighted by Crippen LogP contribution is 2.28. The lowest BCUT2D eigenvalue weighted by Gasteiger charge is -2.31. The van der Waals surface area contributed by atoms with Crippen LogP contribution in [-0.2, 0) is 0 Å². The Morgan fingerprint density at radius 3 is 2.58 bits per heavy atom. The minimum atomic E-state index is -4.79. The third-order valence-corrected chi connectivity index (χ3v) is 4.72. The van der Waals surface area contributed by atoms with Gasteiger partial charge in [0.05, 0.1) is 0 Å². The number of alkyl halides is 3. The number of nitrogens with two attached hydrogens (primary N) is 1. The summed E-state index contributed by atoms with van der Waals surface area (Å²) in [5, 5.41) is 2.95. The van der Waals surface area contributed by atoms with Gasteiger partial charge in [0.25, 0.3) is 0 Å². The van der Waals surface area contributed by atoms with E-state index in [1.807, 2.05) is 6.07 Å². The summed E-state index contributed by atoms with van der Waals surface area (Å²) < 4.78 is 41.5. The summed E-state index contributed by atoms with van der Waals surface area (Å²) in [5.74, 6) is 1.29. The van der Waals surface area contributed by atoms with Crippen LogP contribution in [0.2, 0.25) is 0 Å². The normalized spacial score (nSPS) is 15.0. The molecule has 0 aliphatic carbocycles.